The fourth-order valence-electron chi connectivity index (χ4n) is 2.50. The number of amides is 1. The molecule has 1 amide bonds. The molecule has 110 valence electrons. The minimum atomic E-state index is -3.69. The summed E-state index contributed by atoms with van der Waals surface area (Å²) >= 11 is 0. The van der Waals surface area contributed by atoms with Gasteiger partial charge in [0.2, 0.25) is 15.9 Å². The van der Waals surface area contributed by atoms with E-state index in [9.17, 15) is 13.2 Å². The Morgan fingerprint density at radius 1 is 1.25 bits per heavy atom. The molecule has 0 saturated carbocycles. The van der Waals surface area contributed by atoms with Gasteiger partial charge in [-0.15, -0.1) is 0 Å². The summed E-state index contributed by atoms with van der Waals surface area (Å²) in [6, 6.07) is 6.67. The molecule has 1 N–H and O–H groups in total. The molecule has 1 unspecified atom stereocenters. The van der Waals surface area contributed by atoms with Crippen LogP contribution in [0.1, 0.15) is 43.6 Å². The van der Waals surface area contributed by atoms with Crippen molar-refractivity contribution in [3.8, 4) is 0 Å². The molecule has 0 aromatic heterocycles. The zero-order chi connectivity index (χ0) is 15.1. The van der Waals surface area contributed by atoms with E-state index >= 15 is 0 Å². The van der Waals surface area contributed by atoms with Crippen LogP contribution in [-0.4, -0.2) is 29.3 Å². The minimum absolute atomic E-state index is 0.0297. The lowest BCUT2D eigenvalue weighted by atomic mass is 10.1. The third kappa shape index (κ3) is 2.45. The maximum absolute atomic E-state index is 12.6. The van der Waals surface area contributed by atoms with Crippen LogP contribution in [0, 0.1) is 0 Å². The normalized spacial score (nSPS) is 22.3. The largest absolute Gasteiger partial charge is 0.392 e. The van der Waals surface area contributed by atoms with Gasteiger partial charge < -0.3 is 5.11 Å². The predicted octanol–water partition coefficient (Wildman–Crippen LogP) is 1.58. The summed E-state index contributed by atoms with van der Waals surface area (Å²) in [4.78, 5) is 12.1. The van der Waals surface area contributed by atoms with E-state index in [1.54, 1.807) is 45.0 Å². The molecule has 0 aliphatic carbocycles. The summed E-state index contributed by atoms with van der Waals surface area (Å²) in [5.74, 6) is -0.367. The molecule has 6 heteroatoms. The van der Waals surface area contributed by atoms with Gasteiger partial charge in [0.1, 0.15) is 5.25 Å². The maximum atomic E-state index is 12.6. The summed E-state index contributed by atoms with van der Waals surface area (Å²) in [6.45, 7) is 5.03. The predicted molar refractivity (Wildman–Crippen MR) is 75.2 cm³/mol. The highest BCUT2D eigenvalue weighted by Crippen LogP contribution is 2.40. The number of aliphatic hydroxyl groups excluding tert-OH is 1. The molecule has 1 aliphatic heterocycles. The molecule has 1 aromatic rings. The number of hydrogen-bond donors (Lipinski definition) is 1. The first-order valence-electron chi connectivity index (χ1n) is 6.44. The molecule has 5 nitrogen and oxygen atoms in total. The molecular formula is C14H19NO4S. The van der Waals surface area contributed by atoms with Crippen molar-refractivity contribution in [2.45, 2.75) is 44.6 Å². The lowest BCUT2D eigenvalue weighted by Gasteiger charge is -2.30. The van der Waals surface area contributed by atoms with Crippen molar-refractivity contribution in [3.05, 3.63) is 35.4 Å². The fraction of sp³-hybridized carbons (Fsp3) is 0.500. The van der Waals surface area contributed by atoms with Gasteiger partial charge in [-0.2, -0.15) is 0 Å². The molecule has 1 aliphatic rings. The molecule has 2 rings (SSSR count). The van der Waals surface area contributed by atoms with Gasteiger partial charge in [-0.05, 0) is 31.9 Å². The van der Waals surface area contributed by atoms with Gasteiger partial charge in [-0.3, -0.25) is 4.79 Å². The van der Waals surface area contributed by atoms with Crippen molar-refractivity contribution >= 4 is 15.9 Å². The summed E-state index contributed by atoms with van der Waals surface area (Å²) in [7, 11) is -3.69. The Bertz CT molecular complexity index is 614. The molecule has 1 fully saturated rings. The minimum Gasteiger partial charge on any atom is -0.392 e. The Hall–Kier alpha value is -1.40. The standard InChI is InChI=1S/C14H19NO4S/c1-14(2,3)15-13(17)8-12(20(15,18)19)11-6-4-10(9-16)5-7-11/h4-7,12,16H,8-9H2,1-3H3. The fourth-order valence-corrected chi connectivity index (χ4v) is 4.73. The van der Waals surface area contributed by atoms with Gasteiger partial charge in [0, 0.05) is 0 Å². The summed E-state index contributed by atoms with van der Waals surface area (Å²) in [6.07, 6.45) is -0.0297. The molecule has 0 radical (unpaired) electrons. The highest BCUT2D eigenvalue weighted by molar-refractivity contribution is 7.90. The zero-order valence-corrected chi connectivity index (χ0v) is 12.6. The van der Waals surface area contributed by atoms with Crippen molar-refractivity contribution < 1.29 is 18.3 Å². The number of nitrogens with zero attached hydrogens (tertiary/aromatic N) is 1. The third-order valence-corrected chi connectivity index (χ3v) is 5.76. The second-order valence-corrected chi connectivity index (χ2v) is 7.93. The van der Waals surface area contributed by atoms with Crippen molar-refractivity contribution in [3.63, 3.8) is 0 Å². The van der Waals surface area contributed by atoms with E-state index in [-0.39, 0.29) is 18.9 Å². The smallest absolute Gasteiger partial charge is 0.245 e. The Morgan fingerprint density at radius 2 is 1.80 bits per heavy atom. The zero-order valence-electron chi connectivity index (χ0n) is 11.8. The quantitative estimate of drug-likeness (QED) is 0.899. The first-order valence-corrected chi connectivity index (χ1v) is 7.95. The third-order valence-electron chi connectivity index (χ3n) is 3.34. The van der Waals surface area contributed by atoms with Crippen LogP contribution in [0.15, 0.2) is 24.3 Å². The van der Waals surface area contributed by atoms with Crippen LogP contribution >= 0.6 is 0 Å². The van der Waals surface area contributed by atoms with Gasteiger partial charge in [0.05, 0.1) is 18.6 Å². The number of sulfonamides is 1. The van der Waals surface area contributed by atoms with Gasteiger partial charge in [0.25, 0.3) is 0 Å². The molecule has 1 aromatic carbocycles. The summed E-state index contributed by atoms with van der Waals surface area (Å²) < 4.78 is 26.1. The van der Waals surface area contributed by atoms with Crippen LogP contribution < -0.4 is 0 Å². The number of carbonyl (C=O) groups excluding carboxylic acids is 1. The van der Waals surface area contributed by atoms with Crippen molar-refractivity contribution in [1.82, 2.24) is 4.31 Å². The number of benzene rings is 1. The molecule has 0 bridgehead atoms. The Labute approximate surface area is 119 Å². The summed E-state index contributed by atoms with van der Waals surface area (Å²) in [5.41, 5.74) is 0.542. The van der Waals surface area contributed by atoms with Gasteiger partial charge in [0.15, 0.2) is 0 Å². The van der Waals surface area contributed by atoms with Crippen LogP contribution in [-0.2, 0) is 21.4 Å². The van der Waals surface area contributed by atoms with Crippen LogP contribution in [0.4, 0.5) is 0 Å². The van der Waals surface area contributed by atoms with Crippen molar-refractivity contribution in [2.24, 2.45) is 0 Å². The maximum Gasteiger partial charge on any atom is 0.245 e. The topological polar surface area (TPSA) is 74.7 Å². The van der Waals surface area contributed by atoms with E-state index in [4.69, 9.17) is 5.11 Å². The first kappa shape index (κ1) is 15.0. The lowest BCUT2D eigenvalue weighted by Crippen LogP contribution is -2.45. The van der Waals surface area contributed by atoms with Crippen LogP contribution in [0.3, 0.4) is 0 Å². The highest BCUT2D eigenvalue weighted by atomic mass is 32.2. The molecule has 1 heterocycles. The molecule has 1 saturated heterocycles. The van der Waals surface area contributed by atoms with E-state index < -0.39 is 20.8 Å². The summed E-state index contributed by atoms with van der Waals surface area (Å²) in [5, 5.41) is 8.18. The van der Waals surface area contributed by atoms with Crippen LogP contribution in [0.5, 0.6) is 0 Å². The second kappa shape index (κ2) is 4.86. The van der Waals surface area contributed by atoms with E-state index in [1.807, 2.05) is 0 Å². The number of rotatable bonds is 2. The first-order chi connectivity index (χ1) is 9.17. The van der Waals surface area contributed by atoms with Gasteiger partial charge in [-0.25, -0.2) is 12.7 Å². The van der Waals surface area contributed by atoms with E-state index in [0.717, 1.165) is 4.31 Å². The van der Waals surface area contributed by atoms with Crippen LogP contribution in [0.2, 0.25) is 0 Å². The lowest BCUT2D eigenvalue weighted by molar-refractivity contribution is -0.128. The van der Waals surface area contributed by atoms with Crippen molar-refractivity contribution in [1.29, 1.82) is 0 Å². The average molecular weight is 297 g/mol. The Balaban J connectivity index is 2.42. The number of aliphatic hydroxyl groups is 1. The monoisotopic (exact) mass is 297 g/mol. The average Bonchev–Trinajstić information content (AvgIpc) is 2.58. The number of hydrogen-bond acceptors (Lipinski definition) is 4. The Kier molecular flexibility index (Phi) is 3.64. The van der Waals surface area contributed by atoms with E-state index in [0.29, 0.717) is 11.1 Å². The molecule has 1 atom stereocenters. The Morgan fingerprint density at radius 3 is 2.20 bits per heavy atom. The molecule has 0 spiro atoms. The van der Waals surface area contributed by atoms with Gasteiger partial charge in [-0.1, -0.05) is 24.3 Å². The van der Waals surface area contributed by atoms with Crippen LogP contribution in [0.25, 0.3) is 0 Å². The van der Waals surface area contributed by atoms with E-state index in [2.05, 4.69) is 0 Å². The van der Waals surface area contributed by atoms with E-state index in [1.165, 1.54) is 0 Å². The second-order valence-electron chi connectivity index (χ2n) is 5.97. The van der Waals surface area contributed by atoms with Gasteiger partial charge >= 0.3 is 0 Å². The van der Waals surface area contributed by atoms with Crippen molar-refractivity contribution in [2.75, 3.05) is 0 Å². The highest BCUT2D eigenvalue weighted by Gasteiger charge is 2.49. The SMILES string of the molecule is CC(C)(C)N1C(=O)CC(c2ccc(CO)cc2)S1(=O)=O. The number of carbonyl (C=O) groups is 1. The molecule has 20 heavy (non-hydrogen) atoms. The molecular weight excluding hydrogens is 278 g/mol.